The first kappa shape index (κ1) is 20.6. The van der Waals surface area contributed by atoms with E-state index in [1.807, 2.05) is 49.5 Å². The third kappa shape index (κ3) is 3.52. The second-order valence-corrected chi connectivity index (χ2v) is 9.05. The molecule has 3 aromatic rings. The molecule has 0 spiro atoms. The Kier molecular flexibility index (Phi) is 5.33. The van der Waals surface area contributed by atoms with Gasteiger partial charge in [-0.25, -0.2) is 0 Å². The zero-order valence-corrected chi connectivity index (χ0v) is 18.8. The molecule has 0 N–H and O–H groups in total. The van der Waals surface area contributed by atoms with Crippen molar-refractivity contribution >= 4 is 28.3 Å². The van der Waals surface area contributed by atoms with Crippen molar-refractivity contribution in [3.63, 3.8) is 0 Å². The van der Waals surface area contributed by atoms with Gasteiger partial charge >= 0.3 is 0 Å². The SMILES string of the molecule is CC1CCN(C2=C(c3ccccc3)C(=O)N(CCc3cn(C)c4ccccc34)C2=O)CC1. The van der Waals surface area contributed by atoms with Gasteiger partial charge in [-0.1, -0.05) is 55.5 Å². The van der Waals surface area contributed by atoms with Gasteiger partial charge in [0.25, 0.3) is 11.8 Å². The maximum absolute atomic E-state index is 13.6. The van der Waals surface area contributed by atoms with Crippen LogP contribution in [0.25, 0.3) is 16.5 Å². The Balaban J connectivity index is 1.45. The molecule has 32 heavy (non-hydrogen) atoms. The molecule has 5 nitrogen and oxygen atoms in total. The van der Waals surface area contributed by atoms with E-state index in [1.54, 1.807) is 0 Å². The number of benzene rings is 2. The molecular weight excluding hydrogens is 398 g/mol. The van der Waals surface area contributed by atoms with Crippen LogP contribution in [0.15, 0.2) is 66.5 Å². The average Bonchev–Trinajstić information content (AvgIpc) is 3.27. The molecule has 0 atom stereocenters. The van der Waals surface area contributed by atoms with E-state index < -0.39 is 0 Å². The number of piperidine rings is 1. The van der Waals surface area contributed by atoms with Crippen LogP contribution >= 0.6 is 0 Å². The van der Waals surface area contributed by atoms with Crippen LogP contribution in [-0.4, -0.2) is 45.8 Å². The van der Waals surface area contributed by atoms with Crippen LogP contribution in [0.1, 0.15) is 30.9 Å². The van der Waals surface area contributed by atoms with E-state index in [9.17, 15) is 9.59 Å². The number of carbonyl (C=O) groups is 2. The summed E-state index contributed by atoms with van der Waals surface area (Å²) >= 11 is 0. The first-order valence-electron chi connectivity index (χ1n) is 11.5. The van der Waals surface area contributed by atoms with E-state index >= 15 is 0 Å². The molecule has 5 rings (SSSR count). The lowest BCUT2D eigenvalue weighted by atomic mass is 9.97. The van der Waals surface area contributed by atoms with Gasteiger partial charge in [0, 0.05) is 43.8 Å². The summed E-state index contributed by atoms with van der Waals surface area (Å²) in [6.45, 7) is 4.28. The summed E-state index contributed by atoms with van der Waals surface area (Å²) in [5.41, 5.74) is 4.29. The van der Waals surface area contributed by atoms with Crippen LogP contribution in [0.5, 0.6) is 0 Å². The number of hydrogen-bond acceptors (Lipinski definition) is 3. The zero-order chi connectivity index (χ0) is 22.2. The second-order valence-electron chi connectivity index (χ2n) is 9.05. The van der Waals surface area contributed by atoms with E-state index in [-0.39, 0.29) is 11.8 Å². The summed E-state index contributed by atoms with van der Waals surface area (Å²) in [4.78, 5) is 30.7. The largest absolute Gasteiger partial charge is 0.366 e. The van der Waals surface area contributed by atoms with Crippen molar-refractivity contribution in [1.82, 2.24) is 14.4 Å². The highest BCUT2D eigenvalue weighted by atomic mass is 16.2. The summed E-state index contributed by atoms with van der Waals surface area (Å²) in [7, 11) is 2.03. The molecule has 1 aromatic heterocycles. The van der Waals surface area contributed by atoms with Gasteiger partial charge < -0.3 is 9.47 Å². The van der Waals surface area contributed by atoms with Crippen LogP contribution in [0.2, 0.25) is 0 Å². The number of aromatic nitrogens is 1. The molecule has 0 radical (unpaired) electrons. The third-order valence-corrected chi connectivity index (χ3v) is 6.89. The Morgan fingerprint density at radius 3 is 2.34 bits per heavy atom. The second kappa shape index (κ2) is 8.30. The highest BCUT2D eigenvalue weighted by Gasteiger charge is 2.41. The molecule has 1 saturated heterocycles. The molecular formula is C27H29N3O2. The van der Waals surface area contributed by atoms with Gasteiger partial charge in [-0.2, -0.15) is 0 Å². The highest BCUT2D eigenvalue weighted by molar-refractivity contribution is 6.35. The molecule has 5 heteroatoms. The van der Waals surface area contributed by atoms with Crippen LogP contribution < -0.4 is 0 Å². The molecule has 164 valence electrons. The smallest absolute Gasteiger partial charge is 0.277 e. The van der Waals surface area contributed by atoms with E-state index in [4.69, 9.17) is 0 Å². The maximum Gasteiger partial charge on any atom is 0.277 e. The van der Waals surface area contributed by atoms with Crippen molar-refractivity contribution in [2.75, 3.05) is 19.6 Å². The normalized spacial score (nSPS) is 17.8. The van der Waals surface area contributed by atoms with Crippen LogP contribution in [0.4, 0.5) is 0 Å². The average molecular weight is 428 g/mol. The van der Waals surface area contributed by atoms with Gasteiger partial charge in [0.2, 0.25) is 0 Å². The summed E-state index contributed by atoms with van der Waals surface area (Å²) in [6.07, 6.45) is 4.84. The molecule has 2 aromatic carbocycles. The molecule has 0 unspecified atom stereocenters. The first-order valence-corrected chi connectivity index (χ1v) is 11.5. The number of amides is 2. The van der Waals surface area contributed by atoms with Crippen LogP contribution in [0.3, 0.4) is 0 Å². The molecule has 2 aliphatic heterocycles. The first-order chi connectivity index (χ1) is 15.5. The van der Waals surface area contributed by atoms with Crippen molar-refractivity contribution in [3.05, 3.63) is 77.6 Å². The fraction of sp³-hybridized carbons (Fsp3) is 0.333. The molecule has 0 saturated carbocycles. The Hall–Kier alpha value is -3.34. The predicted molar refractivity (Wildman–Crippen MR) is 127 cm³/mol. The summed E-state index contributed by atoms with van der Waals surface area (Å²) < 4.78 is 2.10. The van der Waals surface area contributed by atoms with Gasteiger partial charge in [-0.3, -0.25) is 14.5 Å². The fourth-order valence-electron chi connectivity index (χ4n) is 5.01. The summed E-state index contributed by atoms with van der Waals surface area (Å²) in [5.74, 6) is 0.334. The minimum atomic E-state index is -0.171. The minimum Gasteiger partial charge on any atom is -0.366 e. The Morgan fingerprint density at radius 1 is 0.906 bits per heavy atom. The van der Waals surface area contributed by atoms with Crippen molar-refractivity contribution in [2.45, 2.75) is 26.2 Å². The van der Waals surface area contributed by atoms with Gasteiger partial charge in [-0.15, -0.1) is 0 Å². The Labute approximate surface area is 188 Å². The number of rotatable bonds is 5. The Morgan fingerprint density at radius 2 is 1.59 bits per heavy atom. The molecule has 0 aliphatic carbocycles. The quantitative estimate of drug-likeness (QED) is 0.573. The van der Waals surface area contributed by atoms with E-state index in [0.717, 1.165) is 42.6 Å². The molecule has 3 heterocycles. The predicted octanol–water partition coefficient (Wildman–Crippen LogP) is 4.23. The van der Waals surface area contributed by atoms with Gasteiger partial charge in [0.1, 0.15) is 5.70 Å². The number of nitrogens with zero attached hydrogens (tertiary/aromatic N) is 3. The van der Waals surface area contributed by atoms with Gasteiger partial charge in [0.15, 0.2) is 0 Å². The lowest BCUT2D eigenvalue weighted by Gasteiger charge is -2.32. The summed E-state index contributed by atoms with van der Waals surface area (Å²) in [5, 5.41) is 1.18. The van der Waals surface area contributed by atoms with E-state index in [0.29, 0.717) is 30.2 Å². The lowest BCUT2D eigenvalue weighted by molar-refractivity contribution is -0.137. The number of fused-ring (bicyclic) bond motifs is 1. The number of aryl methyl sites for hydroxylation is 1. The van der Waals surface area contributed by atoms with Crippen molar-refractivity contribution in [2.24, 2.45) is 13.0 Å². The minimum absolute atomic E-state index is 0.149. The van der Waals surface area contributed by atoms with E-state index in [2.05, 4.69) is 34.7 Å². The van der Waals surface area contributed by atoms with Crippen LogP contribution in [-0.2, 0) is 23.1 Å². The van der Waals surface area contributed by atoms with Crippen molar-refractivity contribution in [1.29, 1.82) is 0 Å². The number of para-hydroxylation sites is 1. The van der Waals surface area contributed by atoms with Crippen LogP contribution in [0, 0.1) is 5.92 Å². The molecule has 2 amide bonds. The van der Waals surface area contributed by atoms with Gasteiger partial charge in [0.05, 0.1) is 5.57 Å². The van der Waals surface area contributed by atoms with E-state index in [1.165, 1.54) is 10.3 Å². The molecule has 1 fully saturated rings. The number of likely N-dealkylation sites (tertiary alicyclic amines) is 1. The zero-order valence-electron chi connectivity index (χ0n) is 18.8. The van der Waals surface area contributed by atoms with Crippen molar-refractivity contribution in [3.8, 4) is 0 Å². The molecule has 2 aliphatic rings. The standard InChI is InChI=1S/C27H29N3O2/c1-19-12-15-29(16-13-19)25-24(20-8-4-3-5-9-20)26(31)30(27(25)32)17-14-21-18-28(2)23-11-7-6-10-22(21)23/h3-11,18-19H,12-17H2,1-2H3. The number of hydrogen-bond donors (Lipinski definition) is 0. The third-order valence-electron chi connectivity index (χ3n) is 6.89. The lowest BCUT2D eigenvalue weighted by Crippen LogP contribution is -2.39. The number of carbonyl (C=O) groups excluding carboxylic acids is 2. The Bertz CT molecular complexity index is 1200. The van der Waals surface area contributed by atoms with Crippen molar-refractivity contribution < 1.29 is 9.59 Å². The van der Waals surface area contributed by atoms with Gasteiger partial charge in [-0.05, 0) is 42.4 Å². The monoisotopic (exact) mass is 427 g/mol. The fourth-order valence-corrected chi connectivity index (χ4v) is 5.01. The topological polar surface area (TPSA) is 45.6 Å². The summed E-state index contributed by atoms with van der Waals surface area (Å²) in [6, 6.07) is 17.9. The highest BCUT2D eigenvalue weighted by Crippen LogP contribution is 2.34. The molecule has 0 bridgehead atoms. The maximum atomic E-state index is 13.6. The number of imide groups is 1.